The molecule has 88 valence electrons. The first-order valence-electron chi connectivity index (χ1n) is 5.12. The van der Waals surface area contributed by atoms with Gasteiger partial charge in [0.1, 0.15) is 12.4 Å². The molecule has 0 saturated heterocycles. The highest BCUT2D eigenvalue weighted by atomic mass is 16.5. The van der Waals surface area contributed by atoms with Gasteiger partial charge in [-0.3, -0.25) is 15.4 Å². The first-order chi connectivity index (χ1) is 8.38. The molecule has 1 heterocycles. The van der Waals surface area contributed by atoms with E-state index >= 15 is 0 Å². The zero-order valence-electron chi connectivity index (χ0n) is 9.21. The maximum Gasteiger partial charge on any atom is 0.120 e. The van der Waals surface area contributed by atoms with Crippen molar-refractivity contribution in [1.29, 1.82) is 0 Å². The number of ether oxygens (including phenoxy) is 1. The summed E-state index contributed by atoms with van der Waals surface area (Å²) < 4.78 is 5.42. The molecule has 0 spiro atoms. The highest BCUT2D eigenvalue weighted by molar-refractivity contribution is 5.34. The molecule has 0 bridgehead atoms. The number of nitrogens with one attached hydrogen (secondary N) is 1. The third kappa shape index (κ3) is 3.30. The largest absolute Gasteiger partial charge is 0.490 e. The molecule has 17 heavy (non-hydrogen) atoms. The Morgan fingerprint density at radius 3 is 3.18 bits per heavy atom. The Kier molecular flexibility index (Phi) is 3.69. The quantitative estimate of drug-likeness (QED) is 0.769. The van der Waals surface area contributed by atoms with Gasteiger partial charge in [0, 0.05) is 6.54 Å². The standard InChI is InChI=1S/C11H12N5O/c1-2-6-17-10-5-3-4-9(7-10)8-12-11-13-15-16-14-11/h2-5,7H,1,6,8H2,(H-,12,13,14,15,16)/q-1. The molecular weight excluding hydrogens is 218 g/mol. The minimum absolute atomic E-state index is 0.349. The van der Waals surface area contributed by atoms with Crippen molar-refractivity contribution < 1.29 is 4.74 Å². The molecule has 0 unspecified atom stereocenters. The van der Waals surface area contributed by atoms with Gasteiger partial charge in [0.2, 0.25) is 0 Å². The molecule has 0 amide bonds. The summed E-state index contributed by atoms with van der Waals surface area (Å²) in [6.07, 6.45) is 1.70. The van der Waals surface area contributed by atoms with Gasteiger partial charge in [0.15, 0.2) is 0 Å². The molecule has 0 aliphatic carbocycles. The van der Waals surface area contributed by atoms with E-state index < -0.39 is 0 Å². The van der Waals surface area contributed by atoms with Gasteiger partial charge in [0.25, 0.3) is 0 Å². The molecule has 0 aliphatic heterocycles. The monoisotopic (exact) mass is 230 g/mol. The summed E-state index contributed by atoms with van der Waals surface area (Å²) in [7, 11) is 0. The topological polar surface area (TPSA) is 77.8 Å². The van der Waals surface area contributed by atoms with Gasteiger partial charge in [-0.25, -0.2) is 0 Å². The average Bonchev–Trinajstić information content (AvgIpc) is 2.87. The van der Waals surface area contributed by atoms with E-state index in [1.165, 1.54) is 0 Å². The van der Waals surface area contributed by atoms with E-state index in [1.54, 1.807) is 6.08 Å². The predicted octanol–water partition coefficient (Wildman–Crippen LogP) is 1.97. The second-order valence-corrected chi connectivity index (χ2v) is 3.28. The van der Waals surface area contributed by atoms with Crippen molar-refractivity contribution in [3.63, 3.8) is 0 Å². The molecule has 2 rings (SSSR count). The van der Waals surface area contributed by atoms with Crippen LogP contribution in [0.3, 0.4) is 0 Å². The van der Waals surface area contributed by atoms with E-state index in [-0.39, 0.29) is 0 Å². The number of aromatic nitrogens is 4. The van der Waals surface area contributed by atoms with Crippen molar-refractivity contribution in [2.45, 2.75) is 6.54 Å². The van der Waals surface area contributed by atoms with Crippen LogP contribution in [0.25, 0.3) is 5.32 Å². The van der Waals surface area contributed by atoms with Gasteiger partial charge in [-0.05, 0) is 17.7 Å². The first kappa shape index (κ1) is 11.1. The zero-order chi connectivity index (χ0) is 11.9. The lowest BCUT2D eigenvalue weighted by molar-refractivity contribution is 0.363. The van der Waals surface area contributed by atoms with E-state index in [2.05, 4.69) is 32.5 Å². The summed E-state index contributed by atoms with van der Waals surface area (Å²) in [5, 5.41) is 17.4. The van der Waals surface area contributed by atoms with Gasteiger partial charge < -0.3 is 10.1 Å². The van der Waals surface area contributed by atoms with E-state index in [0.29, 0.717) is 19.1 Å². The maximum atomic E-state index is 5.42. The first-order valence-corrected chi connectivity index (χ1v) is 5.12. The lowest BCUT2D eigenvalue weighted by atomic mass is 10.2. The summed E-state index contributed by atoms with van der Waals surface area (Å²) in [5.74, 6) is 1.15. The SMILES string of the molecule is C=CCOc1cccc(C[N-]c2nn[nH]n2)c1. The number of hydrogen-bond donors (Lipinski definition) is 1. The van der Waals surface area contributed by atoms with Gasteiger partial charge >= 0.3 is 0 Å². The van der Waals surface area contributed by atoms with E-state index in [0.717, 1.165) is 11.3 Å². The smallest absolute Gasteiger partial charge is 0.120 e. The normalized spacial score (nSPS) is 9.88. The highest BCUT2D eigenvalue weighted by Gasteiger charge is 1.95. The maximum absolute atomic E-state index is 5.42. The van der Waals surface area contributed by atoms with Crippen molar-refractivity contribution in [3.8, 4) is 5.75 Å². The minimum atomic E-state index is 0.349. The molecule has 6 nitrogen and oxygen atoms in total. The van der Waals surface area contributed by atoms with Crippen molar-refractivity contribution in [2.24, 2.45) is 0 Å². The second kappa shape index (κ2) is 5.64. The fourth-order valence-electron chi connectivity index (χ4n) is 1.27. The average molecular weight is 230 g/mol. The Labute approximate surface area is 98.7 Å². The fraction of sp³-hybridized carbons (Fsp3) is 0.182. The molecule has 0 aliphatic rings. The van der Waals surface area contributed by atoms with E-state index in [4.69, 9.17) is 4.74 Å². The minimum Gasteiger partial charge on any atom is -0.490 e. The molecule has 6 heteroatoms. The number of H-pyrrole nitrogens is 1. The number of benzene rings is 1. The van der Waals surface area contributed by atoms with Crippen LogP contribution in [0.2, 0.25) is 0 Å². The van der Waals surface area contributed by atoms with Gasteiger partial charge in [-0.2, -0.15) is 0 Å². The summed E-state index contributed by atoms with van der Waals surface area (Å²) in [6.45, 7) is 4.58. The number of aromatic amines is 1. The molecule has 1 aromatic carbocycles. The van der Waals surface area contributed by atoms with E-state index in [1.807, 2.05) is 24.3 Å². The fourth-order valence-corrected chi connectivity index (χ4v) is 1.27. The Morgan fingerprint density at radius 1 is 1.47 bits per heavy atom. The molecule has 0 fully saturated rings. The Bertz CT molecular complexity index is 468. The highest BCUT2D eigenvalue weighted by Crippen LogP contribution is 2.18. The molecule has 0 atom stereocenters. The van der Waals surface area contributed by atoms with Gasteiger partial charge in [0.05, 0.1) is 5.95 Å². The van der Waals surface area contributed by atoms with Crippen molar-refractivity contribution in [1.82, 2.24) is 20.6 Å². The van der Waals surface area contributed by atoms with Crippen LogP contribution in [0.5, 0.6) is 5.75 Å². The van der Waals surface area contributed by atoms with Crippen molar-refractivity contribution in [2.75, 3.05) is 6.61 Å². The Morgan fingerprint density at radius 2 is 2.41 bits per heavy atom. The number of hydrogen-bond acceptors (Lipinski definition) is 4. The summed E-state index contributed by atoms with van der Waals surface area (Å²) >= 11 is 0. The van der Waals surface area contributed by atoms with Crippen LogP contribution < -0.4 is 4.74 Å². The van der Waals surface area contributed by atoms with Crippen LogP contribution in [0.15, 0.2) is 36.9 Å². The summed E-state index contributed by atoms with van der Waals surface area (Å²) in [6, 6.07) is 7.69. The van der Waals surface area contributed by atoms with Crippen molar-refractivity contribution in [3.05, 3.63) is 47.8 Å². The van der Waals surface area contributed by atoms with Crippen LogP contribution >= 0.6 is 0 Å². The second-order valence-electron chi connectivity index (χ2n) is 3.28. The van der Waals surface area contributed by atoms with Crippen molar-refractivity contribution >= 4 is 5.95 Å². The van der Waals surface area contributed by atoms with Gasteiger partial charge in [-0.15, -0.1) is 5.21 Å². The molecule has 1 aromatic heterocycles. The lowest BCUT2D eigenvalue weighted by Gasteiger charge is -2.09. The molecular formula is C11H12N5O-. The van der Waals surface area contributed by atoms with Gasteiger partial charge in [-0.1, -0.05) is 24.8 Å². The lowest BCUT2D eigenvalue weighted by Crippen LogP contribution is -1.93. The molecule has 1 N–H and O–H groups in total. The van der Waals surface area contributed by atoms with Crippen LogP contribution in [0.4, 0.5) is 5.95 Å². The third-order valence-electron chi connectivity index (χ3n) is 2.00. The van der Waals surface area contributed by atoms with Crippen LogP contribution in [-0.4, -0.2) is 27.2 Å². The van der Waals surface area contributed by atoms with E-state index in [9.17, 15) is 0 Å². The Balaban J connectivity index is 1.93. The van der Waals surface area contributed by atoms with Crippen LogP contribution in [0.1, 0.15) is 5.56 Å². The predicted molar refractivity (Wildman–Crippen MR) is 63.0 cm³/mol. The summed E-state index contributed by atoms with van der Waals surface area (Å²) in [4.78, 5) is 0. The third-order valence-corrected chi connectivity index (χ3v) is 2.00. The summed E-state index contributed by atoms with van der Waals surface area (Å²) in [5.41, 5.74) is 1.02. The Hall–Kier alpha value is -2.37. The van der Waals surface area contributed by atoms with Crippen LogP contribution in [-0.2, 0) is 6.54 Å². The molecule has 0 radical (unpaired) electrons. The number of tetrazole rings is 1. The van der Waals surface area contributed by atoms with Crippen LogP contribution in [0, 0.1) is 0 Å². The zero-order valence-corrected chi connectivity index (χ0v) is 9.21. The molecule has 0 saturated carbocycles. The number of nitrogens with zero attached hydrogens (tertiary/aromatic N) is 4. The molecule has 2 aromatic rings. The number of rotatable bonds is 6.